The third kappa shape index (κ3) is 2.78. The number of carbonyl (C=O) groups is 2. The van der Waals surface area contributed by atoms with Crippen molar-refractivity contribution in [2.75, 3.05) is 28.4 Å². The number of fused-ring (bicyclic) bond motifs is 6. The van der Waals surface area contributed by atoms with E-state index in [4.69, 9.17) is 18.9 Å². The van der Waals surface area contributed by atoms with Gasteiger partial charge >= 0.3 is 0 Å². The maximum absolute atomic E-state index is 12.9. The Labute approximate surface area is 170 Å². The summed E-state index contributed by atoms with van der Waals surface area (Å²) in [4.78, 5) is 24.8. The van der Waals surface area contributed by atoms with E-state index >= 15 is 0 Å². The molecule has 3 aliphatic carbocycles. The van der Waals surface area contributed by atoms with Crippen molar-refractivity contribution in [1.29, 1.82) is 0 Å². The number of hydrogen-bond donors (Lipinski definition) is 1. The molecule has 156 valence electrons. The highest BCUT2D eigenvalue weighted by molar-refractivity contribution is 6.00. The minimum absolute atomic E-state index is 0.0163. The highest BCUT2D eigenvalue weighted by Gasteiger charge is 2.62. The number of ether oxygens (including phenoxy) is 4. The van der Waals surface area contributed by atoms with E-state index in [1.54, 1.807) is 21.3 Å². The summed E-state index contributed by atoms with van der Waals surface area (Å²) in [6.45, 7) is 1.52. The monoisotopic (exact) mass is 401 g/mol. The summed E-state index contributed by atoms with van der Waals surface area (Å²) in [6.07, 6.45) is 3.42. The Kier molecular flexibility index (Phi) is 4.92. The van der Waals surface area contributed by atoms with Crippen molar-refractivity contribution in [3.05, 3.63) is 29.0 Å². The molecule has 29 heavy (non-hydrogen) atoms. The van der Waals surface area contributed by atoms with E-state index in [0.717, 1.165) is 24.0 Å². The lowest BCUT2D eigenvalue weighted by molar-refractivity contribution is -0.131. The fraction of sp³-hybridized carbons (Fsp3) is 0.545. The van der Waals surface area contributed by atoms with E-state index < -0.39 is 0 Å². The molecule has 1 aromatic carbocycles. The summed E-state index contributed by atoms with van der Waals surface area (Å²) in [5.41, 5.74) is 2.15. The maximum Gasteiger partial charge on any atom is 0.217 e. The van der Waals surface area contributed by atoms with Crippen LogP contribution in [0.2, 0.25) is 0 Å². The van der Waals surface area contributed by atoms with Gasteiger partial charge in [-0.05, 0) is 42.4 Å². The molecule has 0 heterocycles. The first-order chi connectivity index (χ1) is 14.0. The van der Waals surface area contributed by atoms with Gasteiger partial charge in [0, 0.05) is 30.4 Å². The van der Waals surface area contributed by atoms with Gasteiger partial charge in [-0.1, -0.05) is 0 Å². The Balaban J connectivity index is 1.89. The zero-order chi connectivity index (χ0) is 20.9. The Hall–Kier alpha value is -2.70. The van der Waals surface area contributed by atoms with Crippen molar-refractivity contribution < 1.29 is 28.5 Å². The van der Waals surface area contributed by atoms with Crippen LogP contribution in [0.25, 0.3) is 0 Å². The van der Waals surface area contributed by atoms with Crippen molar-refractivity contribution >= 4 is 11.7 Å². The molecular weight excluding hydrogens is 374 g/mol. The van der Waals surface area contributed by atoms with Crippen molar-refractivity contribution in [3.63, 3.8) is 0 Å². The van der Waals surface area contributed by atoms with E-state index in [1.165, 1.54) is 14.0 Å². The lowest BCUT2D eigenvalue weighted by atomic mass is 9.53. The van der Waals surface area contributed by atoms with Crippen LogP contribution in [-0.4, -0.2) is 46.2 Å². The minimum atomic E-state index is -0.185. The van der Waals surface area contributed by atoms with E-state index in [9.17, 15) is 9.59 Å². The first kappa shape index (κ1) is 19.6. The highest BCUT2D eigenvalue weighted by atomic mass is 16.5. The summed E-state index contributed by atoms with van der Waals surface area (Å²) in [7, 11) is 6.34. The van der Waals surface area contributed by atoms with E-state index in [2.05, 4.69) is 5.32 Å². The second-order valence-corrected chi connectivity index (χ2v) is 7.87. The second-order valence-electron chi connectivity index (χ2n) is 7.87. The SMILES string of the molecule is COC1=C[C@@H]2C3c4c(cc(OC)c(OC)c4OC)CC[C@H](NC(C)=O)C3[C@@H]2C1=O. The zero-order valence-corrected chi connectivity index (χ0v) is 17.4. The number of ketones is 1. The van der Waals surface area contributed by atoms with Crippen LogP contribution in [0.5, 0.6) is 17.2 Å². The number of hydrogen-bond acceptors (Lipinski definition) is 6. The summed E-state index contributed by atoms with van der Waals surface area (Å²) in [6, 6.07) is 1.90. The van der Waals surface area contributed by atoms with Crippen LogP contribution in [0.3, 0.4) is 0 Å². The Bertz CT molecular complexity index is 892. The summed E-state index contributed by atoms with van der Waals surface area (Å²) in [5, 5.41) is 3.09. The van der Waals surface area contributed by atoms with Crippen LogP contribution < -0.4 is 19.5 Å². The van der Waals surface area contributed by atoms with Gasteiger partial charge in [0.05, 0.1) is 28.4 Å². The van der Waals surface area contributed by atoms with Gasteiger partial charge in [-0.3, -0.25) is 9.59 Å². The molecule has 7 nitrogen and oxygen atoms in total. The van der Waals surface area contributed by atoms with Crippen LogP contribution in [0.1, 0.15) is 30.4 Å². The number of allylic oxidation sites excluding steroid dienone is 2. The third-order valence-corrected chi connectivity index (χ3v) is 6.63. The molecule has 1 saturated carbocycles. The standard InChI is InChI=1S/C22H27NO6/c1-10(24)23-13-7-6-11-8-15(27-3)21(28-4)22(29-5)16(11)17-12-9-14(26-2)20(25)18(12)19(13)17/h8-9,12-13,17-19H,6-7H2,1-5H3,(H,23,24)/t12-,13+,17?,18-,19?/m1/s1. The predicted octanol–water partition coefficient (Wildman–Crippen LogP) is 2.22. The molecule has 1 aromatic rings. The van der Waals surface area contributed by atoms with Gasteiger partial charge in [-0.2, -0.15) is 0 Å². The zero-order valence-electron chi connectivity index (χ0n) is 17.4. The minimum Gasteiger partial charge on any atom is -0.493 e. The lowest BCUT2D eigenvalue weighted by Gasteiger charge is -2.50. The number of Topliss-reactive ketones (excluding diaryl/α,β-unsaturated/α-hetero) is 1. The largest absolute Gasteiger partial charge is 0.493 e. The van der Waals surface area contributed by atoms with Gasteiger partial charge in [-0.25, -0.2) is 0 Å². The molecule has 1 amide bonds. The van der Waals surface area contributed by atoms with Crippen LogP contribution in [0.15, 0.2) is 17.9 Å². The van der Waals surface area contributed by atoms with Crippen LogP contribution >= 0.6 is 0 Å². The Morgan fingerprint density at radius 2 is 1.76 bits per heavy atom. The first-order valence-corrected chi connectivity index (χ1v) is 9.85. The summed E-state index contributed by atoms with van der Waals surface area (Å²) >= 11 is 0. The fourth-order valence-electron chi connectivity index (χ4n) is 5.58. The van der Waals surface area contributed by atoms with Gasteiger partial charge in [0.25, 0.3) is 0 Å². The average molecular weight is 401 g/mol. The summed E-state index contributed by atoms with van der Waals surface area (Å²) < 4.78 is 22.3. The molecule has 3 aliphatic rings. The van der Waals surface area contributed by atoms with Crippen molar-refractivity contribution in [2.24, 2.45) is 17.8 Å². The van der Waals surface area contributed by atoms with Gasteiger partial charge in [-0.15, -0.1) is 0 Å². The molecule has 1 fully saturated rings. The number of methoxy groups -OCH3 is 4. The quantitative estimate of drug-likeness (QED) is 0.815. The van der Waals surface area contributed by atoms with Crippen molar-refractivity contribution in [3.8, 4) is 17.2 Å². The normalized spacial score (nSPS) is 29.3. The molecule has 0 aliphatic heterocycles. The first-order valence-electron chi connectivity index (χ1n) is 9.85. The van der Waals surface area contributed by atoms with E-state index in [0.29, 0.717) is 23.0 Å². The molecule has 5 atom stereocenters. The van der Waals surface area contributed by atoms with Gasteiger partial charge < -0.3 is 24.3 Å². The van der Waals surface area contributed by atoms with Crippen molar-refractivity contribution in [1.82, 2.24) is 5.32 Å². The van der Waals surface area contributed by atoms with Crippen LogP contribution in [0, 0.1) is 17.8 Å². The lowest BCUT2D eigenvalue weighted by Crippen LogP contribution is -2.55. The Morgan fingerprint density at radius 3 is 2.34 bits per heavy atom. The second kappa shape index (κ2) is 7.28. The molecule has 0 bridgehead atoms. The Morgan fingerprint density at radius 1 is 1.03 bits per heavy atom. The van der Waals surface area contributed by atoms with Crippen LogP contribution in [0.4, 0.5) is 0 Å². The van der Waals surface area contributed by atoms with Gasteiger partial charge in [0.15, 0.2) is 17.3 Å². The number of rotatable bonds is 5. The number of carbonyl (C=O) groups excluding carboxylic acids is 2. The van der Waals surface area contributed by atoms with Gasteiger partial charge in [0.2, 0.25) is 17.4 Å². The molecule has 2 unspecified atom stereocenters. The molecule has 7 heteroatoms. The van der Waals surface area contributed by atoms with E-state index in [-0.39, 0.29) is 41.4 Å². The molecule has 0 saturated heterocycles. The van der Waals surface area contributed by atoms with Gasteiger partial charge in [0.1, 0.15) is 0 Å². The predicted molar refractivity (Wildman–Crippen MR) is 105 cm³/mol. The molecular formula is C22H27NO6. The van der Waals surface area contributed by atoms with Crippen molar-refractivity contribution in [2.45, 2.75) is 31.7 Å². The maximum atomic E-state index is 12.9. The van der Waals surface area contributed by atoms with Crippen LogP contribution in [-0.2, 0) is 20.7 Å². The number of nitrogens with one attached hydrogen (secondary N) is 1. The fourth-order valence-corrected chi connectivity index (χ4v) is 5.58. The topological polar surface area (TPSA) is 83.1 Å². The highest BCUT2D eigenvalue weighted by Crippen LogP contribution is 2.63. The number of benzene rings is 1. The summed E-state index contributed by atoms with van der Waals surface area (Å²) in [5.74, 6) is 2.00. The molecule has 0 spiro atoms. The third-order valence-electron chi connectivity index (χ3n) is 6.63. The smallest absolute Gasteiger partial charge is 0.217 e. The average Bonchev–Trinajstić information content (AvgIpc) is 2.89. The number of amides is 1. The molecule has 4 rings (SSSR count). The molecule has 0 radical (unpaired) electrons. The molecule has 0 aromatic heterocycles. The van der Waals surface area contributed by atoms with E-state index in [1.807, 2.05) is 12.1 Å². The molecule has 1 N–H and O–H groups in total. The number of aryl methyl sites for hydroxylation is 1.